The summed E-state index contributed by atoms with van der Waals surface area (Å²) in [4.78, 5) is 15.8. The lowest BCUT2D eigenvalue weighted by Gasteiger charge is -2.25. The molecule has 1 aromatic rings. The average Bonchev–Trinajstić information content (AvgIpc) is 2.36. The van der Waals surface area contributed by atoms with Gasteiger partial charge in [0.25, 0.3) is 0 Å². The summed E-state index contributed by atoms with van der Waals surface area (Å²) in [6.07, 6.45) is 1.67. The van der Waals surface area contributed by atoms with Crippen LogP contribution in [0.4, 0.5) is 0 Å². The minimum atomic E-state index is -0.750. The Morgan fingerprint density at radius 3 is 2.94 bits per heavy atom. The lowest BCUT2D eigenvalue weighted by molar-refractivity contribution is -0.146. The maximum atomic E-state index is 11.6. The number of ether oxygens (including phenoxy) is 1. The number of carbonyl (C=O) groups excluding carboxylic acids is 1. The first-order valence-corrected chi connectivity index (χ1v) is 6.40. The topological polar surface area (TPSA) is 51.2 Å². The van der Waals surface area contributed by atoms with Gasteiger partial charge in [-0.15, -0.1) is 11.8 Å². The summed E-state index contributed by atoms with van der Waals surface area (Å²) in [7, 11) is 3.09. The summed E-state index contributed by atoms with van der Waals surface area (Å²) < 4.78 is 4.76. The van der Waals surface area contributed by atoms with Crippen LogP contribution in [0, 0.1) is 0 Å². The van der Waals surface area contributed by atoms with E-state index in [1.54, 1.807) is 32.3 Å². The molecule has 0 aliphatic heterocycles. The highest BCUT2D eigenvalue weighted by Gasteiger charge is 2.32. The van der Waals surface area contributed by atoms with E-state index in [1.165, 1.54) is 18.9 Å². The fourth-order valence-electron chi connectivity index (χ4n) is 1.15. The van der Waals surface area contributed by atoms with E-state index in [9.17, 15) is 4.79 Å². The molecule has 94 valence electrons. The summed E-state index contributed by atoms with van der Waals surface area (Å²) in [6, 6.07) is 3.54. The lowest BCUT2D eigenvalue weighted by atomic mass is 10.1. The van der Waals surface area contributed by atoms with Crippen LogP contribution in [0.1, 0.15) is 6.92 Å². The van der Waals surface area contributed by atoms with Gasteiger partial charge in [0.15, 0.2) is 0 Å². The normalized spacial score (nSPS) is 14.1. The number of methoxy groups -OCH3 is 1. The van der Waals surface area contributed by atoms with Crippen LogP contribution >= 0.6 is 23.4 Å². The molecule has 1 heterocycles. The van der Waals surface area contributed by atoms with E-state index in [-0.39, 0.29) is 5.97 Å². The van der Waals surface area contributed by atoms with Crippen LogP contribution in [0.5, 0.6) is 0 Å². The number of halogens is 1. The van der Waals surface area contributed by atoms with Crippen LogP contribution in [0.25, 0.3) is 0 Å². The molecule has 0 bridgehead atoms. The molecule has 1 aromatic heterocycles. The van der Waals surface area contributed by atoms with Gasteiger partial charge in [-0.05, 0) is 26.1 Å². The van der Waals surface area contributed by atoms with E-state index < -0.39 is 5.54 Å². The fourth-order valence-corrected chi connectivity index (χ4v) is 2.46. The Hall–Kier alpha value is -0.780. The van der Waals surface area contributed by atoms with Gasteiger partial charge in [0.1, 0.15) is 10.6 Å². The van der Waals surface area contributed by atoms with Crippen molar-refractivity contribution in [1.82, 2.24) is 10.3 Å². The van der Waals surface area contributed by atoms with Gasteiger partial charge in [0.05, 0.1) is 12.1 Å². The van der Waals surface area contributed by atoms with Crippen molar-refractivity contribution in [3.63, 3.8) is 0 Å². The van der Waals surface area contributed by atoms with E-state index in [0.717, 1.165) is 0 Å². The molecule has 0 amide bonds. The third-order valence-corrected chi connectivity index (χ3v) is 4.15. The maximum absolute atomic E-state index is 11.6. The molecule has 1 atom stereocenters. The molecule has 1 rings (SSSR count). The molecular formula is C11H15ClN2O2S. The summed E-state index contributed by atoms with van der Waals surface area (Å²) in [5.41, 5.74) is -0.750. The number of likely N-dealkylation sites (N-methyl/N-ethyl adjacent to an activating group) is 1. The van der Waals surface area contributed by atoms with Crippen molar-refractivity contribution in [3.05, 3.63) is 23.4 Å². The Labute approximate surface area is 110 Å². The quantitative estimate of drug-likeness (QED) is 0.657. The number of rotatable bonds is 5. The summed E-state index contributed by atoms with van der Waals surface area (Å²) in [5.74, 6) is 0.187. The van der Waals surface area contributed by atoms with Crippen molar-refractivity contribution < 1.29 is 9.53 Å². The number of thioether (sulfide) groups is 1. The second kappa shape index (κ2) is 6.23. The predicted octanol–water partition coefficient (Wildman–Crippen LogP) is 1.98. The third-order valence-electron chi connectivity index (χ3n) is 2.41. The van der Waals surface area contributed by atoms with E-state index in [1.807, 2.05) is 0 Å². The number of nitrogens with zero attached hydrogens (tertiary/aromatic N) is 1. The van der Waals surface area contributed by atoms with Crippen molar-refractivity contribution in [3.8, 4) is 0 Å². The largest absolute Gasteiger partial charge is 0.468 e. The van der Waals surface area contributed by atoms with Crippen LogP contribution in [0.15, 0.2) is 23.4 Å². The zero-order valence-corrected chi connectivity index (χ0v) is 11.6. The number of hydrogen-bond acceptors (Lipinski definition) is 5. The number of carbonyl (C=O) groups is 1. The molecule has 17 heavy (non-hydrogen) atoms. The molecule has 6 heteroatoms. The SMILES string of the molecule is CNC(C)(CSc1ncccc1Cl)C(=O)OC. The van der Waals surface area contributed by atoms with Crippen molar-refractivity contribution in [2.45, 2.75) is 17.5 Å². The van der Waals surface area contributed by atoms with E-state index in [0.29, 0.717) is 15.8 Å². The molecule has 0 aliphatic rings. The molecule has 1 unspecified atom stereocenters. The first kappa shape index (κ1) is 14.3. The Kier molecular flexibility index (Phi) is 5.24. The first-order chi connectivity index (χ1) is 8.03. The van der Waals surface area contributed by atoms with Crippen LogP contribution < -0.4 is 5.32 Å². The summed E-state index contributed by atoms with van der Waals surface area (Å²) in [5, 5.41) is 4.24. The Balaban J connectivity index is 2.72. The smallest absolute Gasteiger partial charge is 0.326 e. The zero-order chi connectivity index (χ0) is 12.9. The number of hydrogen-bond donors (Lipinski definition) is 1. The molecule has 0 saturated heterocycles. The molecule has 4 nitrogen and oxygen atoms in total. The van der Waals surface area contributed by atoms with Gasteiger partial charge in [-0.25, -0.2) is 4.98 Å². The molecule has 1 N–H and O–H groups in total. The third kappa shape index (κ3) is 3.59. The lowest BCUT2D eigenvalue weighted by Crippen LogP contribution is -2.50. The van der Waals surface area contributed by atoms with Gasteiger partial charge in [-0.1, -0.05) is 11.6 Å². The van der Waals surface area contributed by atoms with E-state index >= 15 is 0 Å². The maximum Gasteiger partial charge on any atom is 0.326 e. The number of esters is 1. The van der Waals surface area contributed by atoms with Gasteiger partial charge in [0.2, 0.25) is 0 Å². The standard InChI is InChI=1S/C11H15ClN2O2S/c1-11(13-2,10(15)16-3)7-17-9-8(12)5-4-6-14-9/h4-6,13H,7H2,1-3H3. The minimum Gasteiger partial charge on any atom is -0.468 e. The fraction of sp³-hybridized carbons (Fsp3) is 0.455. The van der Waals surface area contributed by atoms with Gasteiger partial charge in [-0.2, -0.15) is 0 Å². The summed E-state index contributed by atoms with van der Waals surface area (Å²) >= 11 is 7.41. The average molecular weight is 275 g/mol. The van der Waals surface area contributed by atoms with Crippen molar-refractivity contribution in [2.75, 3.05) is 19.9 Å². The van der Waals surface area contributed by atoms with Gasteiger partial charge in [0, 0.05) is 11.9 Å². The van der Waals surface area contributed by atoms with Crippen molar-refractivity contribution in [1.29, 1.82) is 0 Å². The Morgan fingerprint density at radius 2 is 2.41 bits per heavy atom. The molecule has 0 fully saturated rings. The second-order valence-corrected chi connectivity index (χ2v) is 5.02. The van der Waals surface area contributed by atoms with Gasteiger partial charge >= 0.3 is 5.97 Å². The molecule has 0 saturated carbocycles. The van der Waals surface area contributed by atoms with Crippen LogP contribution in [-0.4, -0.2) is 36.4 Å². The highest BCUT2D eigenvalue weighted by molar-refractivity contribution is 7.99. The number of nitrogens with one attached hydrogen (secondary N) is 1. The highest BCUT2D eigenvalue weighted by atomic mass is 35.5. The first-order valence-electron chi connectivity index (χ1n) is 5.04. The number of pyridine rings is 1. The molecule has 0 aromatic carbocycles. The van der Waals surface area contributed by atoms with Crippen molar-refractivity contribution in [2.24, 2.45) is 0 Å². The van der Waals surface area contributed by atoms with E-state index in [2.05, 4.69) is 10.3 Å². The highest BCUT2D eigenvalue weighted by Crippen LogP contribution is 2.27. The Morgan fingerprint density at radius 1 is 1.71 bits per heavy atom. The second-order valence-electron chi connectivity index (χ2n) is 3.65. The zero-order valence-electron chi connectivity index (χ0n) is 9.99. The van der Waals surface area contributed by atoms with Gasteiger partial charge < -0.3 is 10.1 Å². The predicted molar refractivity (Wildman–Crippen MR) is 69.5 cm³/mol. The number of aromatic nitrogens is 1. The molecule has 0 radical (unpaired) electrons. The molecule has 0 spiro atoms. The Bertz CT molecular complexity index is 403. The van der Waals surface area contributed by atoms with Crippen LogP contribution in [-0.2, 0) is 9.53 Å². The van der Waals surface area contributed by atoms with Crippen LogP contribution in [0.2, 0.25) is 5.02 Å². The van der Waals surface area contributed by atoms with E-state index in [4.69, 9.17) is 16.3 Å². The monoisotopic (exact) mass is 274 g/mol. The van der Waals surface area contributed by atoms with Crippen LogP contribution in [0.3, 0.4) is 0 Å². The summed E-state index contributed by atoms with van der Waals surface area (Å²) in [6.45, 7) is 1.78. The van der Waals surface area contributed by atoms with Gasteiger partial charge in [-0.3, -0.25) is 4.79 Å². The molecule has 0 aliphatic carbocycles. The molecular weight excluding hydrogens is 260 g/mol. The van der Waals surface area contributed by atoms with Crippen molar-refractivity contribution >= 4 is 29.3 Å². The minimum absolute atomic E-state index is 0.306.